The van der Waals surface area contributed by atoms with Gasteiger partial charge < -0.3 is 15.8 Å². The highest BCUT2D eigenvalue weighted by atomic mass is 35.5. The molecule has 0 atom stereocenters. The Bertz CT molecular complexity index is 649. The molecule has 23 heavy (non-hydrogen) atoms. The van der Waals surface area contributed by atoms with Crippen LogP contribution in [0.1, 0.15) is 13.3 Å². The number of anilines is 1. The fraction of sp³-hybridized carbons (Fsp3) is 0.500. The van der Waals surface area contributed by atoms with Crippen molar-refractivity contribution >= 4 is 33.3 Å². The second kappa shape index (κ2) is 8.95. The molecule has 0 amide bonds. The van der Waals surface area contributed by atoms with Crippen LogP contribution in [0.4, 0.5) is 5.69 Å². The number of ether oxygens (including phenoxy) is 1. The van der Waals surface area contributed by atoms with Crippen molar-refractivity contribution in [2.75, 3.05) is 38.3 Å². The quantitative estimate of drug-likeness (QED) is 0.417. The monoisotopic (exact) mass is 362 g/mol. The zero-order valence-corrected chi connectivity index (χ0v) is 15.1. The first kappa shape index (κ1) is 19.5. The van der Waals surface area contributed by atoms with Crippen LogP contribution in [0.15, 0.2) is 23.2 Å². The third-order valence-corrected chi connectivity index (χ3v) is 4.77. The van der Waals surface area contributed by atoms with Crippen molar-refractivity contribution < 1.29 is 13.2 Å². The molecule has 3 N–H and O–H groups in total. The Labute approximate surface area is 142 Å². The highest BCUT2D eigenvalue weighted by molar-refractivity contribution is 7.88. The molecule has 7 nitrogen and oxygen atoms in total. The van der Waals surface area contributed by atoms with Crippen LogP contribution in [0, 0.1) is 0 Å². The van der Waals surface area contributed by atoms with Gasteiger partial charge in [-0.25, -0.2) is 12.7 Å². The highest BCUT2D eigenvalue weighted by Crippen LogP contribution is 2.26. The third kappa shape index (κ3) is 6.64. The Morgan fingerprint density at radius 2 is 2.17 bits per heavy atom. The third-order valence-electron chi connectivity index (χ3n) is 3.09. The van der Waals surface area contributed by atoms with Crippen molar-refractivity contribution in [3.05, 3.63) is 23.2 Å². The molecule has 0 fully saturated rings. The second-order valence-electron chi connectivity index (χ2n) is 4.85. The predicted octanol–water partition coefficient (Wildman–Crippen LogP) is 1.75. The smallest absolute Gasteiger partial charge is 0.211 e. The number of hydrogen-bond donors (Lipinski definition) is 2. The van der Waals surface area contributed by atoms with Gasteiger partial charge in [-0.3, -0.25) is 4.99 Å². The summed E-state index contributed by atoms with van der Waals surface area (Å²) in [7, 11) is -1.62. The number of sulfonamides is 1. The van der Waals surface area contributed by atoms with E-state index in [1.165, 1.54) is 10.6 Å². The van der Waals surface area contributed by atoms with Crippen molar-refractivity contribution in [1.82, 2.24) is 4.31 Å². The lowest BCUT2D eigenvalue weighted by Crippen LogP contribution is -2.31. The maximum Gasteiger partial charge on any atom is 0.211 e. The van der Waals surface area contributed by atoms with Gasteiger partial charge in [-0.1, -0.05) is 18.5 Å². The fourth-order valence-electron chi connectivity index (χ4n) is 1.94. The van der Waals surface area contributed by atoms with Crippen molar-refractivity contribution in [2.24, 2.45) is 10.7 Å². The first-order chi connectivity index (χ1) is 10.8. The minimum atomic E-state index is -3.16. The molecule has 0 saturated carbocycles. The van der Waals surface area contributed by atoms with Crippen LogP contribution in [-0.2, 0) is 10.0 Å². The van der Waals surface area contributed by atoms with E-state index in [4.69, 9.17) is 22.1 Å². The molecule has 9 heteroatoms. The molecule has 1 aromatic rings. The summed E-state index contributed by atoms with van der Waals surface area (Å²) in [5.41, 5.74) is 6.49. The van der Waals surface area contributed by atoms with E-state index in [9.17, 15) is 8.42 Å². The van der Waals surface area contributed by atoms with E-state index in [2.05, 4.69) is 10.3 Å². The van der Waals surface area contributed by atoms with Crippen molar-refractivity contribution in [3.63, 3.8) is 0 Å². The average molecular weight is 363 g/mol. The topological polar surface area (TPSA) is 97.0 Å². The van der Waals surface area contributed by atoms with E-state index in [-0.39, 0.29) is 5.96 Å². The maximum atomic E-state index is 11.4. The predicted molar refractivity (Wildman–Crippen MR) is 94.8 cm³/mol. The Balaban J connectivity index is 2.50. The van der Waals surface area contributed by atoms with E-state index in [0.29, 0.717) is 42.5 Å². The molecule has 0 aliphatic carbocycles. The summed E-state index contributed by atoms with van der Waals surface area (Å²) in [5, 5.41) is 3.39. The number of methoxy groups -OCH3 is 1. The number of aliphatic imine (C=N–C) groups is 1. The molecule has 0 aliphatic rings. The van der Waals surface area contributed by atoms with Crippen LogP contribution in [0.3, 0.4) is 0 Å². The molecule has 0 aliphatic heterocycles. The van der Waals surface area contributed by atoms with Gasteiger partial charge in [0.05, 0.1) is 18.4 Å². The van der Waals surface area contributed by atoms with E-state index in [0.717, 1.165) is 0 Å². The molecule has 130 valence electrons. The normalized spacial score (nSPS) is 12.5. The zero-order chi connectivity index (χ0) is 17.5. The molecular weight excluding hydrogens is 340 g/mol. The SMILES string of the molecule is CCN(CCCN=C(N)Nc1ccc(OC)c(Cl)c1)S(C)(=O)=O. The van der Waals surface area contributed by atoms with E-state index in [1.807, 2.05) is 0 Å². The number of nitrogens with one attached hydrogen (secondary N) is 1. The minimum Gasteiger partial charge on any atom is -0.495 e. The number of benzene rings is 1. The summed E-state index contributed by atoms with van der Waals surface area (Å²) in [6.07, 6.45) is 1.79. The molecule has 0 aromatic heterocycles. The van der Waals surface area contributed by atoms with Crippen LogP contribution in [0.2, 0.25) is 5.02 Å². The summed E-state index contributed by atoms with van der Waals surface area (Å²) in [6, 6.07) is 5.18. The number of hydrogen-bond acceptors (Lipinski definition) is 4. The Morgan fingerprint density at radius 3 is 2.70 bits per heavy atom. The number of halogens is 1. The summed E-state index contributed by atoms with van der Waals surface area (Å²) < 4.78 is 29.4. The molecular formula is C14H23ClN4O3S. The lowest BCUT2D eigenvalue weighted by atomic mass is 10.3. The first-order valence-corrected chi connectivity index (χ1v) is 9.36. The first-order valence-electron chi connectivity index (χ1n) is 7.13. The average Bonchev–Trinajstić information content (AvgIpc) is 2.46. The molecule has 1 aromatic carbocycles. The van der Waals surface area contributed by atoms with Crippen LogP contribution in [0.5, 0.6) is 5.75 Å². The van der Waals surface area contributed by atoms with Gasteiger partial charge in [0.15, 0.2) is 5.96 Å². The second-order valence-corrected chi connectivity index (χ2v) is 7.24. The van der Waals surface area contributed by atoms with Crippen LogP contribution < -0.4 is 15.8 Å². The van der Waals surface area contributed by atoms with E-state index < -0.39 is 10.0 Å². The Morgan fingerprint density at radius 1 is 1.48 bits per heavy atom. The molecule has 0 radical (unpaired) electrons. The molecule has 0 heterocycles. The number of nitrogens with two attached hydrogens (primary N) is 1. The molecule has 0 saturated heterocycles. The van der Waals surface area contributed by atoms with Gasteiger partial charge in [0.2, 0.25) is 10.0 Å². The molecule has 1 rings (SSSR count). The van der Waals surface area contributed by atoms with Gasteiger partial charge in [-0.05, 0) is 24.6 Å². The lowest BCUT2D eigenvalue weighted by Gasteiger charge is -2.16. The number of nitrogens with zero attached hydrogens (tertiary/aromatic N) is 2. The van der Waals surface area contributed by atoms with Gasteiger partial charge >= 0.3 is 0 Å². The largest absolute Gasteiger partial charge is 0.495 e. The fourth-order valence-corrected chi connectivity index (χ4v) is 3.12. The Hall–Kier alpha value is -1.51. The van der Waals surface area contributed by atoms with Crippen molar-refractivity contribution in [3.8, 4) is 5.75 Å². The standard InChI is InChI=1S/C14H23ClN4O3S/c1-4-19(23(3,20)21)9-5-8-17-14(16)18-11-6-7-13(22-2)12(15)10-11/h6-7,10H,4-5,8-9H2,1-3H3,(H3,16,17,18). The Kier molecular flexibility index (Phi) is 7.60. The lowest BCUT2D eigenvalue weighted by molar-refractivity contribution is 0.415. The molecule has 0 bridgehead atoms. The summed E-state index contributed by atoms with van der Waals surface area (Å²) in [5.74, 6) is 0.821. The van der Waals surface area contributed by atoms with Gasteiger partial charge in [-0.2, -0.15) is 0 Å². The summed E-state index contributed by atoms with van der Waals surface area (Å²) >= 11 is 6.03. The van der Waals surface area contributed by atoms with Crippen LogP contribution in [-0.4, -0.2) is 51.7 Å². The number of guanidine groups is 1. The van der Waals surface area contributed by atoms with Crippen LogP contribution >= 0.6 is 11.6 Å². The number of rotatable bonds is 8. The van der Waals surface area contributed by atoms with Gasteiger partial charge in [-0.15, -0.1) is 0 Å². The zero-order valence-electron chi connectivity index (χ0n) is 13.5. The van der Waals surface area contributed by atoms with E-state index in [1.54, 1.807) is 32.2 Å². The summed E-state index contributed by atoms with van der Waals surface area (Å²) in [6.45, 7) is 3.09. The van der Waals surface area contributed by atoms with Gasteiger partial charge in [0.25, 0.3) is 0 Å². The maximum absolute atomic E-state index is 11.4. The minimum absolute atomic E-state index is 0.244. The van der Waals surface area contributed by atoms with Crippen LogP contribution in [0.25, 0.3) is 0 Å². The van der Waals surface area contributed by atoms with Gasteiger partial charge in [0.1, 0.15) is 5.75 Å². The van der Waals surface area contributed by atoms with Gasteiger partial charge in [0, 0.05) is 25.3 Å². The summed E-state index contributed by atoms with van der Waals surface area (Å²) in [4.78, 5) is 4.17. The van der Waals surface area contributed by atoms with Crippen molar-refractivity contribution in [1.29, 1.82) is 0 Å². The van der Waals surface area contributed by atoms with Crippen molar-refractivity contribution in [2.45, 2.75) is 13.3 Å². The highest BCUT2D eigenvalue weighted by Gasteiger charge is 2.12. The molecule has 0 spiro atoms. The molecule has 0 unspecified atom stereocenters. The van der Waals surface area contributed by atoms with E-state index >= 15 is 0 Å².